The Kier molecular flexibility index (Phi) is 6.33. The van der Waals surface area contributed by atoms with Crippen LogP contribution in [0.3, 0.4) is 0 Å². The standard InChI is InChI=1S/C14H19Br2NO2/c1-3-14(4-2,8-15)9-17-13(19)10-5-6-11(16)12(18)7-10/h5-7,18H,3-4,8-9H2,1-2H3,(H,17,19). The van der Waals surface area contributed by atoms with Gasteiger partial charge < -0.3 is 10.4 Å². The molecule has 1 aromatic carbocycles. The van der Waals surface area contributed by atoms with Crippen molar-refractivity contribution in [3.63, 3.8) is 0 Å². The number of aromatic hydroxyl groups is 1. The molecule has 106 valence electrons. The van der Waals surface area contributed by atoms with Gasteiger partial charge in [-0.25, -0.2) is 0 Å². The van der Waals surface area contributed by atoms with Crippen LogP contribution >= 0.6 is 31.9 Å². The zero-order valence-electron chi connectivity index (χ0n) is 11.2. The minimum absolute atomic E-state index is 0.0744. The van der Waals surface area contributed by atoms with Crippen molar-refractivity contribution in [1.29, 1.82) is 0 Å². The molecule has 0 heterocycles. The number of alkyl halides is 1. The van der Waals surface area contributed by atoms with Gasteiger partial charge in [0.15, 0.2) is 0 Å². The zero-order chi connectivity index (χ0) is 14.5. The number of hydrogen-bond donors (Lipinski definition) is 2. The van der Waals surface area contributed by atoms with Crippen LogP contribution in [-0.2, 0) is 0 Å². The highest BCUT2D eigenvalue weighted by atomic mass is 79.9. The van der Waals surface area contributed by atoms with Gasteiger partial charge in [0.05, 0.1) is 4.47 Å². The Labute approximate surface area is 131 Å². The van der Waals surface area contributed by atoms with E-state index in [1.54, 1.807) is 12.1 Å². The van der Waals surface area contributed by atoms with Crippen molar-refractivity contribution < 1.29 is 9.90 Å². The summed E-state index contributed by atoms with van der Waals surface area (Å²) in [6.07, 6.45) is 2.00. The van der Waals surface area contributed by atoms with Crippen LogP contribution in [0.25, 0.3) is 0 Å². The van der Waals surface area contributed by atoms with Crippen molar-refractivity contribution in [3.8, 4) is 5.75 Å². The van der Waals surface area contributed by atoms with Crippen molar-refractivity contribution in [3.05, 3.63) is 28.2 Å². The van der Waals surface area contributed by atoms with E-state index in [1.165, 1.54) is 6.07 Å². The summed E-state index contributed by atoms with van der Waals surface area (Å²) in [4.78, 5) is 12.0. The van der Waals surface area contributed by atoms with Crippen LogP contribution < -0.4 is 5.32 Å². The van der Waals surface area contributed by atoms with Gasteiger partial charge in [0.2, 0.25) is 0 Å². The first kappa shape index (κ1) is 16.5. The van der Waals surface area contributed by atoms with Gasteiger partial charge in [-0.1, -0.05) is 29.8 Å². The minimum Gasteiger partial charge on any atom is -0.507 e. The van der Waals surface area contributed by atoms with Crippen LogP contribution in [0, 0.1) is 5.41 Å². The molecule has 0 saturated carbocycles. The summed E-state index contributed by atoms with van der Waals surface area (Å²) in [5, 5.41) is 13.4. The predicted molar refractivity (Wildman–Crippen MR) is 84.9 cm³/mol. The molecule has 3 nitrogen and oxygen atoms in total. The molecular weight excluding hydrogens is 374 g/mol. The minimum atomic E-state index is -0.157. The molecule has 1 aromatic rings. The normalized spacial score (nSPS) is 11.4. The third-order valence-corrected chi connectivity index (χ3v) is 5.48. The molecule has 0 spiro atoms. The highest BCUT2D eigenvalue weighted by Gasteiger charge is 2.25. The molecule has 5 heteroatoms. The molecule has 2 N–H and O–H groups in total. The Bertz CT molecular complexity index is 437. The molecule has 0 fully saturated rings. The summed E-state index contributed by atoms with van der Waals surface area (Å²) >= 11 is 6.72. The molecule has 0 radical (unpaired) electrons. The molecule has 19 heavy (non-hydrogen) atoms. The number of phenolic OH excluding ortho intramolecular Hbond substituents is 1. The lowest BCUT2D eigenvalue weighted by atomic mass is 9.84. The van der Waals surface area contributed by atoms with E-state index in [-0.39, 0.29) is 17.1 Å². The molecule has 0 atom stereocenters. The summed E-state index contributed by atoms with van der Waals surface area (Å²) < 4.78 is 0.584. The number of carbonyl (C=O) groups is 1. The maximum Gasteiger partial charge on any atom is 0.251 e. The summed E-state index contributed by atoms with van der Waals surface area (Å²) in [7, 11) is 0. The molecule has 0 aromatic heterocycles. The first-order valence-corrected chi connectivity index (χ1v) is 8.22. The SMILES string of the molecule is CCC(CC)(CBr)CNC(=O)c1ccc(Br)c(O)c1. The fraction of sp³-hybridized carbons (Fsp3) is 0.500. The molecule has 0 unspecified atom stereocenters. The summed E-state index contributed by atoms with van der Waals surface area (Å²) in [5.74, 6) is -0.0830. The van der Waals surface area contributed by atoms with Crippen LogP contribution in [0.2, 0.25) is 0 Å². The van der Waals surface area contributed by atoms with Crippen LogP contribution in [0.15, 0.2) is 22.7 Å². The van der Waals surface area contributed by atoms with Gasteiger partial charge in [-0.2, -0.15) is 0 Å². The number of phenols is 1. The van der Waals surface area contributed by atoms with Gasteiger partial charge >= 0.3 is 0 Å². The Morgan fingerprint density at radius 2 is 2.00 bits per heavy atom. The number of nitrogens with one attached hydrogen (secondary N) is 1. The first-order chi connectivity index (χ1) is 8.98. The van der Waals surface area contributed by atoms with Crippen molar-refractivity contribution in [2.75, 3.05) is 11.9 Å². The van der Waals surface area contributed by atoms with Gasteiger partial charge in [-0.05, 0) is 52.4 Å². The second kappa shape index (κ2) is 7.29. The second-order valence-electron chi connectivity index (χ2n) is 4.69. The molecule has 0 bridgehead atoms. The molecule has 0 saturated heterocycles. The van der Waals surface area contributed by atoms with E-state index in [0.29, 0.717) is 16.6 Å². The van der Waals surface area contributed by atoms with Gasteiger partial charge in [0.25, 0.3) is 5.91 Å². The Hall–Kier alpha value is -0.550. The molecule has 0 aliphatic rings. The van der Waals surface area contributed by atoms with Crippen LogP contribution in [0.4, 0.5) is 0 Å². The zero-order valence-corrected chi connectivity index (χ0v) is 14.3. The lowest BCUT2D eigenvalue weighted by Gasteiger charge is -2.29. The van der Waals surface area contributed by atoms with Crippen molar-refractivity contribution in [2.24, 2.45) is 5.41 Å². The molecular formula is C14H19Br2NO2. The number of hydrogen-bond acceptors (Lipinski definition) is 2. The smallest absolute Gasteiger partial charge is 0.251 e. The number of halogens is 2. The van der Waals surface area contributed by atoms with Crippen LogP contribution in [-0.4, -0.2) is 22.9 Å². The summed E-state index contributed by atoms with van der Waals surface area (Å²) in [5.41, 5.74) is 0.559. The van der Waals surface area contributed by atoms with Gasteiger partial charge in [0, 0.05) is 17.4 Å². The van der Waals surface area contributed by atoms with Gasteiger partial charge in [0.1, 0.15) is 5.75 Å². The van der Waals surface area contributed by atoms with E-state index in [4.69, 9.17) is 0 Å². The molecule has 1 amide bonds. The van der Waals surface area contributed by atoms with Crippen molar-refractivity contribution in [1.82, 2.24) is 5.32 Å². The van der Waals surface area contributed by atoms with E-state index in [2.05, 4.69) is 51.0 Å². The van der Waals surface area contributed by atoms with E-state index >= 15 is 0 Å². The third-order valence-electron chi connectivity index (χ3n) is 3.62. The molecule has 0 aliphatic heterocycles. The van der Waals surface area contributed by atoms with Gasteiger partial charge in [-0.3, -0.25) is 4.79 Å². The highest BCUT2D eigenvalue weighted by Crippen LogP contribution is 2.28. The topological polar surface area (TPSA) is 49.3 Å². The molecule has 1 rings (SSSR count). The Morgan fingerprint density at radius 3 is 2.47 bits per heavy atom. The quantitative estimate of drug-likeness (QED) is 0.716. The maximum atomic E-state index is 12.0. The van der Waals surface area contributed by atoms with Crippen molar-refractivity contribution >= 4 is 37.8 Å². The third kappa shape index (κ3) is 4.21. The predicted octanol–water partition coefficient (Wildman–Crippen LogP) is 4.09. The lowest BCUT2D eigenvalue weighted by molar-refractivity contribution is 0.0932. The maximum absolute atomic E-state index is 12.0. The fourth-order valence-corrected chi connectivity index (χ4v) is 3.00. The molecule has 0 aliphatic carbocycles. The average Bonchev–Trinajstić information content (AvgIpc) is 2.43. The number of amides is 1. The van der Waals surface area contributed by atoms with E-state index in [0.717, 1.165) is 18.2 Å². The summed E-state index contributed by atoms with van der Waals surface area (Å²) in [6, 6.07) is 4.82. The number of benzene rings is 1. The number of carbonyl (C=O) groups excluding carboxylic acids is 1. The highest BCUT2D eigenvalue weighted by molar-refractivity contribution is 9.10. The average molecular weight is 393 g/mol. The first-order valence-electron chi connectivity index (χ1n) is 6.30. The van der Waals surface area contributed by atoms with Gasteiger partial charge in [-0.15, -0.1) is 0 Å². The van der Waals surface area contributed by atoms with Crippen LogP contribution in [0.5, 0.6) is 5.75 Å². The largest absolute Gasteiger partial charge is 0.507 e. The van der Waals surface area contributed by atoms with E-state index in [9.17, 15) is 9.90 Å². The monoisotopic (exact) mass is 391 g/mol. The Morgan fingerprint density at radius 1 is 1.37 bits per heavy atom. The van der Waals surface area contributed by atoms with Crippen LogP contribution in [0.1, 0.15) is 37.0 Å². The lowest BCUT2D eigenvalue weighted by Crippen LogP contribution is -2.38. The van der Waals surface area contributed by atoms with Crippen molar-refractivity contribution in [2.45, 2.75) is 26.7 Å². The Balaban J connectivity index is 2.72. The second-order valence-corrected chi connectivity index (χ2v) is 6.10. The van der Waals surface area contributed by atoms with E-state index in [1.807, 2.05) is 0 Å². The van der Waals surface area contributed by atoms with E-state index < -0.39 is 0 Å². The number of rotatable bonds is 6. The fourth-order valence-electron chi connectivity index (χ4n) is 1.76. The summed E-state index contributed by atoms with van der Waals surface area (Å²) in [6.45, 7) is 4.88.